The maximum atomic E-state index is 5.80. The van der Waals surface area contributed by atoms with Gasteiger partial charge in [-0.15, -0.1) is 0 Å². The lowest BCUT2D eigenvalue weighted by Gasteiger charge is -2.07. The summed E-state index contributed by atoms with van der Waals surface area (Å²) < 4.78 is 19.3. The predicted molar refractivity (Wildman–Crippen MR) is 101 cm³/mol. The minimum atomic E-state index is 0.645. The Kier molecular flexibility index (Phi) is 8.37. The van der Waals surface area contributed by atoms with Gasteiger partial charge in [0.05, 0.1) is 30.6 Å². The lowest BCUT2D eigenvalue weighted by molar-refractivity contribution is 0.210. The van der Waals surface area contributed by atoms with E-state index in [1.807, 2.05) is 31.9 Å². The lowest BCUT2D eigenvalue weighted by atomic mass is 10.4. The zero-order valence-electron chi connectivity index (χ0n) is 14.4. The van der Waals surface area contributed by atoms with Crippen LogP contribution in [0.1, 0.15) is 11.5 Å². The van der Waals surface area contributed by atoms with E-state index in [1.165, 1.54) is 11.7 Å². The van der Waals surface area contributed by atoms with Crippen LogP contribution in [0.25, 0.3) is 0 Å². The van der Waals surface area contributed by atoms with Crippen molar-refractivity contribution < 1.29 is 9.15 Å². The molecule has 0 aliphatic carbocycles. The highest BCUT2D eigenvalue weighted by Gasteiger charge is 2.07. The Bertz CT molecular complexity index is 588. The fourth-order valence-electron chi connectivity index (χ4n) is 2.00. The van der Waals surface area contributed by atoms with Gasteiger partial charge in [-0.25, -0.2) is 0 Å². The van der Waals surface area contributed by atoms with E-state index in [0.29, 0.717) is 6.61 Å². The number of hydrogen-bond acceptors (Lipinski definition) is 9. The summed E-state index contributed by atoms with van der Waals surface area (Å²) in [6.07, 6.45) is 0. The van der Waals surface area contributed by atoms with E-state index in [9.17, 15) is 0 Å². The average molecular weight is 372 g/mol. The molecule has 0 aliphatic rings. The van der Waals surface area contributed by atoms with E-state index < -0.39 is 0 Å². The van der Waals surface area contributed by atoms with Crippen molar-refractivity contribution in [3.05, 3.63) is 23.7 Å². The van der Waals surface area contributed by atoms with Crippen molar-refractivity contribution in [1.82, 2.24) is 13.6 Å². The Balaban J connectivity index is 1.63. The Morgan fingerprint density at radius 1 is 1.17 bits per heavy atom. The summed E-state index contributed by atoms with van der Waals surface area (Å²) in [5, 5.41) is 6.52. The molecule has 0 saturated carbocycles. The second-order valence-corrected chi connectivity index (χ2v) is 7.10. The van der Waals surface area contributed by atoms with Crippen LogP contribution in [-0.2, 0) is 17.0 Å². The zero-order valence-corrected chi connectivity index (χ0v) is 16.0. The molecule has 2 rings (SSSR count). The van der Waals surface area contributed by atoms with Gasteiger partial charge in [-0.3, -0.25) is 0 Å². The molecule has 0 bridgehead atoms. The van der Waals surface area contributed by atoms with Gasteiger partial charge in [-0.2, -0.15) is 20.5 Å². The highest BCUT2D eigenvalue weighted by atomic mass is 32.2. The Morgan fingerprint density at radius 2 is 1.88 bits per heavy atom. The largest absolute Gasteiger partial charge is 0.464 e. The van der Waals surface area contributed by atoms with Gasteiger partial charge in [0.2, 0.25) is 0 Å². The SMILES string of the molecule is COCCNc1nsnc1NCCSCc1ccc(CN(C)C)o1. The smallest absolute Gasteiger partial charge is 0.184 e. The van der Waals surface area contributed by atoms with Crippen LogP contribution in [0.4, 0.5) is 11.6 Å². The van der Waals surface area contributed by atoms with Crippen molar-refractivity contribution in [2.75, 3.05) is 57.3 Å². The van der Waals surface area contributed by atoms with Crippen LogP contribution in [0.5, 0.6) is 0 Å². The maximum Gasteiger partial charge on any atom is 0.184 e. The highest BCUT2D eigenvalue weighted by Crippen LogP contribution is 2.19. The molecule has 0 radical (unpaired) electrons. The minimum Gasteiger partial charge on any atom is -0.464 e. The van der Waals surface area contributed by atoms with Crippen LogP contribution < -0.4 is 10.6 Å². The second kappa shape index (κ2) is 10.5. The standard InChI is InChI=1S/C15H25N5O2S2/c1-20(2)10-12-4-5-13(22-12)11-23-9-7-17-15-14(18-24-19-15)16-6-8-21-3/h4-5H,6-11H2,1-3H3,(H,16,18)(H,17,19). The fraction of sp³-hybridized carbons (Fsp3) is 0.600. The Morgan fingerprint density at radius 3 is 2.58 bits per heavy atom. The summed E-state index contributed by atoms with van der Waals surface area (Å²) in [6, 6.07) is 4.11. The van der Waals surface area contributed by atoms with Gasteiger partial charge in [-0.1, -0.05) is 0 Å². The summed E-state index contributed by atoms with van der Waals surface area (Å²) in [7, 11) is 5.75. The van der Waals surface area contributed by atoms with Crippen molar-refractivity contribution in [3.63, 3.8) is 0 Å². The van der Waals surface area contributed by atoms with E-state index in [-0.39, 0.29) is 0 Å². The Hall–Kier alpha value is -1.29. The number of aromatic nitrogens is 2. The molecule has 0 aliphatic heterocycles. The molecule has 2 aromatic heterocycles. The van der Waals surface area contributed by atoms with Crippen molar-refractivity contribution in [2.45, 2.75) is 12.3 Å². The molecule has 0 amide bonds. The summed E-state index contributed by atoms with van der Waals surface area (Å²) in [5.74, 6) is 5.48. The van der Waals surface area contributed by atoms with E-state index in [0.717, 1.165) is 54.3 Å². The van der Waals surface area contributed by atoms with E-state index >= 15 is 0 Å². The molecule has 134 valence electrons. The molecular weight excluding hydrogens is 346 g/mol. The maximum absolute atomic E-state index is 5.80. The number of thioether (sulfide) groups is 1. The molecule has 2 aromatic rings. The van der Waals surface area contributed by atoms with Crippen LogP contribution >= 0.6 is 23.5 Å². The molecule has 0 unspecified atom stereocenters. The first kappa shape index (κ1) is 19.0. The summed E-state index contributed by atoms with van der Waals surface area (Å²) in [5.41, 5.74) is 0. The van der Waals surface area contributed by atoms with Gasteiger partial charge < -0.3 is 24.7 Å². The summed E-state index contributed by atoms with van der Waals surface area (Å²) in [4.78, 5) is 2.10. The second-order valence-electron chi connectivity index (χ2n) is 5.47. The number of nitrogens with zero attached hydrogens (tertiary/aromatic N) is 3. The molecular formula is C15H25N5O2S2. The number of ether oxygens (including phenoxy) is 1. The third-order valence-electron chi connectivity index (χ3n) is 3.06. The van der Waals surface area contributed by atoms with Gasteiger partial charge in [0.25, 0.3) is 0 Å². The predicted octanol–water partition coefficient (Wildman–Crippen LogP) is 2.60. The number of anilines is 2. The number of nitrogens with one attached hydrogen (secondary N) is 2. The summed E-state index contributed by atoms with van der Waals surface area (Å²) >= 11 is 3.03. The molecule has 0 atom stereocenters. The summed E-state index contributed by atoms with van der Waals surface area (Å²) in [6.45, 7) is 3.03. The number of hydrogen-bond donors (Lipinski definition) is 2. The molecule has 0 saturated heterocycles. The van der Waals surface area contributed by atoms with Gasteiger partial charge in [0.1, 0.15) is 11.5 Å². The van der Waals surface area contributed by atoms with Crippen LogP contribution in [-0.4, -0.2) is 60.3 Å². The van der Waals surface area contributed by atoms with E-state index in [2.05, 4.69) is 30.3 Å². The first-order chi connectivity index (χ1) is 11.7. The molecule has 2 N–H and O–H groups in total. The van der Waals surface area contributed by atoms with Crippen molar-refractivity contribution in [2.24, 2.45) is 0 Å². The van der Waals surface area contributed by atoms with Crippen LogP contribution in [0.15, 0.2) is 16.5 Å². The third-order valence-corrected chi connectivity index (χ3v) is 4.57. The fourth-order valence-corrected chi connectivity index (χ4v) is 3.26. The van der Waals surface area contributed by atoms with Gasteiger partial charge in [0.15, 0.2) is 11.6 Å². The number of methoxy groups -OCH3 is 1. The molecule has 0 spiro atoms. The monoisotopic (exact) mass is 371 g/mol. The van der Waals surface area contributed by atoms with Gasteiger partial charge in [-0.05, 0) is 26.2 Å². The third kappa shape index (κ3) is 6.68. The van der Waals surface area contributed by atoms with Crippen LogP contribution in [0.2, 0.25) is 0 Å². The van der Waals surface area contributed by atoms with Gasteiger partial charge in [0, 0.05) is 26.0 Å². The van der Waals surface area contributed by atoms with Crippen molar-refractivity contribution in [3.8, 4) is 0 Å². The van der Waals surface area contributed by atoms with Gasteiger partial charge >= 0.3 is 0 Å². The highest BCUT2D eigenvalue weighted by molar-refractivity contribution is 7.98. The molecule has 7 nitrogen and oxygen atoms in total. The first-order valence-electron chi connectivity index (χ1n) is 7.78. The number of furan rings is 1. The zero-order chi connectivity index (χ0) is 17.2. The first-order valence-corrected chi connectivity index (χ1v) is 9.67. The molecule has 2 heterocycles. The molecule has 9 heteroatoms. The quantitative estimate of drug-likeness (QED) is 0.552. The van der Waals surface area contributed by atoms with Crippen molar-refractivity contribution in [1.29, 1.82) is 0 Å². The average Bonchev–Trinajstić information content (AvgIpc) is 3.16. The Labute approximate surface area is 151 Å². The minimum absolute atomic E-state index is 0.645. The van der Waals surface area contributed by atoms with Crippen molar-refractivity contribution >= 4 is 35.1 Å². The molecule has 24 heavy (non-hydrogen) atoms. The van der Waals surface area contributed by atoms with E-state index in [1.54, 1.807) is 7.11 Å². The normalized spacial score (nSPS) is 11.2. The molecule has 0 aromatic carbocycles. The molecule has 0 fully saturated rings. The number of rotatable bonds is 12. The van der Waals surface area contributed by atoms with E-state index in [4.69, 9.17) is 9.15 Å². The van der Waals surface area contributed by atoms with Crippen LogP contribution in [0.3, 0.4) is 0 Å². The lowest BCUT2D eigenvalue weighted by Crippen LogP contribution is -2.11. The topological polar surface area (TPSA) is 75.5 Å². The van der Waals surface area contributed by atoms with Crippen LogP contribution in [0, 0.1) is 0 Å².